The van der Waals surface area contributed by atoms with E-state index in [9.17, 15) is 4.79 Å². The molecule has 0 aliphatic carbocycles. The van der Waals surface area contributed by atoms with E-state index in [1.807, 2.05) is 12.1 Å². The average Bonchev–Trinajstić information content (AvgIpc) is 2.92. The van der Waals surface area contributed by atoms with Crippen molar-refractivity contribution in [1.29, 1.82) is 0 Å². The maximum Gasteiger partial charge on any atom is 0.250 e. The number of rotatable bonds is 4. The molecule has 0 fully saturated rings. The second-order valence-electron chi connectivity index (χ2n) is 4.21. The molecule has 0 amide bonds. The zero-order valence-electron chi connectivity index (χ0n) is 10.4. The summed E-state index contributed by atoms with van der Waals surface area (Å²) in [5.74, 6) is 0. The fraction of sp³-hybridized carbons (Fsp3) is 0.154. The fourth-order valence-electron chi connectivity index (χ4n) is 1.94. The Morgan fingerprint density at radius 2 is 2.15 bits per heavy atom. The first-order valence-electron chi connectivity index (χ1n) is 6.06. The van der Waals surface area contributed by atoms with Crippen LogP contribution in [0.15, 0.2) is 41.3 Å². The van der Waals surface area contributed by atoms with Gasteiger partial charge in [-0.1, -0.05) is 17.7 Å². The Kier molecular flexibility index (Phi) is 3.66. The summed E-state index contributed by atoms with van der Waals surface area (Å²) >= 11 is 7.33. The minimum Gasteiger partial charge on any atom is -0.380 e. The van der Waals surface area contributed by atoms with Crippen molar-refractivity contribution in [1.82, 2.24) is 13.3 Å². The van der Waals surface area contributed by atoms with Gasteiger partial charge < -0.3 is 9.88 Å². The molecule has 0 aliphatic rings. The van der Waals surface area contributed by atoms with Crippen molar-refractivity contribution < 1.29 is 0 Å². The molecule has 0 radical (unpaired) electrons. The maximum absolute atomic E-state index is 11.6. The number of hydrogen-bond acceptors (Lipinski definition) is 5. The topological polar surface area (TPSA) is 59.8 Å². The molecular formula is C13H11ClN4OS. The summed E-state index contributed by atoms with van der Waals surface area (Å²) in [5, 5.41) is 3.83. The number of nitrogens with zero attached hydrogens (tertiary/aromatic N) is 3. The molecule has 5 nitrogen and oxygen atoms in total. The summed E-state index contributed by atoms with van der Waals surface area (Å²) in [6.07, 6.45) is 1.76. The smallest absolute Gasteiger partial charge is 0.250 e. The van der Waals surface area contributed by atoms with Crippen LogP contribution in [-0.2, 0) is 6.54 Å². The van der Waals surface area contributed by atoms with E-state index in [0.29, 0.717) is 18.1 Å². The van der Waals surface area contributed by atoms with Gasteiger partial charge in [0, 0.05) is 25.4 Å². The Balaban J connectivity index is 1.77. The molecule has 3 aromatic rings. The second kappa shape index (κ2) is 5.60. The van der Waals surface area contributed by atoms with E-state index in [4.69, 9.17) is 11.6 Å². The maximum atomic E-state index is 11.6. The van der Waals surface area contributed by atoms with Crippen LogP contribution in [0.3, 0.4) is 0 Å². The predicted molar refractivity (Wildman–Crippen MR) is 81.6 cm³/mol. The average molecular weight is 307 g/mol. The van der Waals surface area contributed by atoms with Gasteiger partial charge >= 0.3 is 0 Å². The minimum absolute atomic E-state index is 0.0195. The summed E-state index contributed by atoms with van der Waals surface area (Å²) in [5.41, 5.74) is 2.33. The molecule has 0 spiro atoms. The van der Waals surface area contributed by atoms with Gasteiger partial charge in [-0.15, -0.1) is 0 Å². The van der Waals surface area contributed by atoms with Crippen molar-refractivity contribution in [3.8, 4) is 0 Å². The monoisotopic (exact) mass is 306 g/mol. The highest BCUT2D eigenvalue weighted by atomic mass is 35.5. The van der Waals surface area contributed by atoms with Crippen molar-refractivity contribution in [3.63, 3.8) is 0 Å². The molecule has 20 heavy (non-hydrogen) atoms. The molecule has 1 aromatic carbocycles. The summed E-state index contributed by atoms with van der Waals surface area (Å²) in [4.78, 5) is 11.6. The Labute approximate surface area is 124 Å². The lowest BCUT2D eigenvalue weighted by atomic mass is 10.2. The van der Waals surface area contributed by atoms with E-state index in [0.717, 1.165) is 28.4 Å². The van der Waals surface area contributed by atoms with Crippen LogP contribution >= 0.6 is 23.3 Å². The highest BCUT2D eigenvalue weighted by Crippen LogP contribution is 2.29. The van der Waals surface area contributed by atoms with Crippen LogP contribution in [0.2, 0.25) is 5.02 Å². The quantitative estimate of drug-likeness (QED) is 0.805. The second-order valence-corrected chi connectivity index (χ2v) is 5.15. The molecule has 102 valence electrons. The first-order valence-corrected chi connectivity index (χ1v) is 7.16. The van der Waals surface area contributed by atoms with Crippen LogP contribution in [0.5, 0.6) is 0 Å². The number of nitrogens with one attached hydrogen (secondary N) is 1. The van der Waals surface area contributed by atoms with Gasteiger partial charge in [0.05, 0.1) is 22.4 Å². The normalized spacial score (nSPS) is 10.8. The van der Waals surface area contributed by atoms with Gasteiger partial charge in [0.15, 0.2) is 0 Å². The van der Waals surface area contributed by atoms with Gasteiger partial charge in [0.1, 0.15) is 11.0 Å². The SMILES string of the molecule is O=c1ccccn1CCNc1c(Cl)ccc2nsnc12. The molecule has 0 saturated carbocycles. The molecule has 0 aliphatic heterocycles. The summed E-state index contributed by atoms with van der Waals surface area (Å²) in [6.45, 7) is 1.14. The van der Waals surface area contributed by atoms with Crippen molar-refractivity contribution in [2.75, 3.05) is 11.9 Å². The van der Waals surface area contributed by atoms with Gasteiger partial charge in [-0.05, 0) is 18.2 Å². The largest absolute Gasteiger partial charge is 0.380 e. The van der Waals surface area contributed by atoms with Crippen LogP contribution < -0.4 is 10.9 Å². The van der Waals surface area contributed by atoms with Crippen LogP contribution in [0.4, 0.5) is 5.69 Å². The highest BCUT2D eigenvalue weighted by Gasteiger charge is 2.09. The number of hydrogen-bond donors (Lipinski definition) is 1. The van der Waals surface area contributed by atoms with E-state index < -0.39 is 0 Å². The van der Waals surface area contributed by atoms with Gasteiger partial charge in [-0.2, -0.15) is 8.75 Å². The molecule has 0 saturated heterocycles. The third-order valence-electron chi connectivity index (χ3n) is 2.93. The van der Waals surface area contributed by atoms with E-state index in [1.54, 1.807) is 22.9 Å². The highest BCUT2D eigenvalue weighted by molar-refractivity contribution is 7.00. The number of pyridine rings is 1. The summed E-state index contributed by atoms with van der Waals surface area (Å²) < 4.78 is 10.1. The van der Waals surface area contributed by atoms with Gasteiger partial charge in [0.25, 0.3) is 5.56 Å². The lowest BCUT2D eigenvalue weighted by Gasteiger charge is -2.10. The van der Waals surface area contributed by atoms with Crippen molar-refractivity contribution >= 4 is 40.0 Å². The van der Waals surface area contributed by atoms with Crippen LogP contribution in [0, 0.1) is 0 Å². The van der Waals surface area contributed by atoms with Crippen molar-refractivity contribution in [3.05, 3.63) is 51.9 Å². The zero-order valence-corrected chi connectivity index (χ0v) is 12.0. The number of benzene rings is 1. The Morgan fingerprint density at radius 1 is 1.25 bits per heavy atom. The number of anilines is 1. The number of aromatic nitrogens is 3. The van der Waals surface area contributed by atoms with Gasteiger partial charge in [-0.25, -0.2) is 0 Å². The molecular weight excluding hydrogens is 296 g/mol. The zero-order chi connectivity index (χ0) is 13.9. The van der Waals surface area contributed by atoms with Crippen LogP contribution in [-0.4, -0.2) is 19.9 Å². The minimum atomic E-state index is -0.0195. The first-order chi connectivity index (χ1) is 9.75. The predicted octanol–water partition coefficient (Wildman–Crippen LogP) is 2.62. The number of fused-ring (bicyclic) bond motifs is 1. The fourth-order valence-corrected chi connectivity index (χ4v) is 2.70. The molecule has 2 heterocycles. The van der Waals surface area contributed by atoms with Gasteiger partial charge in [-0.3, -0.25) is 4.79 Å². The third kappa shape index (κ3) is 2.52. The Hall–Kier alpha value is -1.92. The van der Waals surface area contributed by atoms with E-state index in [-0.39, 0.29) is 5.56 Å². The van der Waals surface area contributed by atoms with E-state index >= 15 is 0 Å². The number of halogens is 1. The molecule has 1 N–H and O–H groups in total. The standard InChI is InChI=1S/C13H11ClN4OS/c14-9-4-5-10-13(17-20-16-10)12(9)15-6-8-18-7-2-1-3-11(18)19/h1-5,7,15H,6,8H2. The molecule has 7 heteroatoms. The lowest BCUT2D eigenvalue weighted by molar-refractivity contribution is 0.698. The van der Waals surface area contributed by atoms with Crippen LogP contribution in [0.25, 0.3) is 11.0 Å². The van der Waals surface area contributed by atoms with Gasteiger partial charge in [0.2, 0.25) is 0 Å². The first kappa shape index (κ1) is 13.1. The Bertz CT molecular complexity index is 798. The van der Waals surface area contributed by atoms with E-state index in [2.05, 4.69) is 14.1 Å². The molecule has 2 aromatic heterocycles. The van der Waals surface area contributed by atoms with Crippen molar-refractivity contribution in [2.45, 2.75) is 6.54 Å². The molecule has 0 unspecified atom stereocenters. The summed E-state index contributed by atoms with van der Waals surface area (Å²) in [6, 6.07) is 8.73. The third-order valence-corrected chi connectivity index (χ3v) is 3.79. The Morgan fingerprint density at radius 3 is 3.00 bits per heavy atom. The van der Waals surface area contributed by atoms with E-state index in [1.165, 1.54) is 6.07 Å². The molecule has 0 atom stereocenters. The van der Waals surface area contributed by atoms with Crippen LogP contribution in [0.1, 0.15) is 0 Å². The molecule has 0 bridgehead atoms. The lowest BCUT2D eigenvalue weighted by Crippen LogP contribution is -2.22. The molecule has 3 rings (SSSR count). The summed E-state index contributed by atoms with van der Waals surface area (Å²) in [7, 11) is 0. The van der Waals surface area contributed by atoms with Crippen molar-refractivity contribution in [2.24, 2.45) is 0 Å².